The molecule has 2 heteroatoms. The van der Waals surface area contributed by atoms with Gasteiger partial charge >= 0.3 is 0 Å². The quantitative estimate of drug-likeness (QED) is 0.102. The predicted octanol–water partition coefficient (Wildman–Crippen LogP) is 8.15. The third kappa shape index (κ3) is 1.50. The first-order chi connectivity index (χ1) is 16.3. The van der Waals surface area contributed by atoms with E-state index in [1.54, 1.807) is 0 Å². The van der Waals surface area contributed by atoms with Crippen LogP contribution in [0, 0.1) is 0 Å². The lowest BCUT2D eigenvalue weighted by molar-refractivity contribution is 0.603. The van der Waals surface area contributed by atoms with Gasteiger partial charge in [0, 0.05) is 0 Å². The molecule has 0 bridgehead atoms. The van der Waals surface area contributed by atoms with Gasteiger partial charge in [0.1, 0.15) is 0 Å². The molecule has 0 saturated carbocycles. The molecule has 0 saturated heterocycles. The lowest BCUT2D eigenvalue weighted by atomic mass is 9.78. The molecule has 0 aromatic heterocycles. The van der Waals surface area contributed by atoms with E-state index in [1.807, 2.05) is 5.37 Å². The Morgan fingerprint density at radius 1 is 0.394 bits per heavy atom. The Morgan fingerprint density at radius 2 is 0.818 bits per heavy atom. The van der Waals surface area contributed by atoms with Crippen LogP contribution >= 0.6 is 0 Å². The number of benzene rings is 9. The molecule has 150 valence electrons. The third-order valence-electron chi connectivity index (χ3n) is 8.28. The minimum absolute atomic E-state index is 0.961. The molecule has 0 fully saturated rings. The van der Waals surface area contributed by atoms with E-state index in [0.29, 0.717) is 0 Å². The van der Waals surface area contributed by atoms with Crippen molar-refractivity contribution in [2.45, 2.75) is 4.90 Å². The van der Waals surface area contributed by atoms with Crippen LogP contribution in [0.25, 0.3) is 86.2 Å². The highest BCUT2D eigenvalue weighted by Gasteiger charge is 2.25. The van der Waals surface area contributed by atoms with Crippen LogP contribution in [-0.4, -0.2) is 5.37 Å². The zero-order valence-corrected chi connectivity index (χ0v) is 18.1. The van der Waals surface area contributed by atoms with Crippen molar-refractivity contribution in [1.82, 2.24) is 0 Å². The molecular weight excluding hydrogens is 420 g/mol. The van der Waals surface area contributed by atoms with Gasteiger partial charge in [-0.25, -0.2) is 10.4 Å². The minimum atomic E-state index is -1.16. The molecule has 1 aliphatic heterocycles. The first-order valence-corrected chi connectivity index (χ1v) is 12.6. The molecule has 10 rings (SSSR count). The SMILES string of the molecule is O=[S-]1=Cc2ccc3ccc4cc5ccc6ccc7ccc8cc1c1c2c3c4c2c5c6c7c8c12. The van der Waals surface area contributed by atoms with E-state index in [9.17, 15) is 4.21 Å². The predicted molar refractivity (Wildman–Crippen MR) is 143 cm³/mol. The molecule has 0 atom stereocenters. The van der Waals surface area contributed by atoms with Gasteiger partial charge < -0.3 is 4.21 Å². The lowest BCUT2D eigenvalue weighted by Crippen LogP contribution is -2.03. The van der Waals surface area contributed by atoms with E-state index < -0.39 is 10.4 Å². The van der Waals surface area contributed by atoms with Crippen molar-refractivity contribution in [3.8, 4) is 0 Å². The zero-order chi connectivity index (χ0) is 21.2. The Labute approximate surface area is 189 Å². The summed E-state index contributed by atoms with van der Waals surface area (Å²) in [5.41, 5.74) is 1.10. The van der Waals surface area contributed by atoms with Crippen molar-refractivity contribution in [3.63, 3.8) is 0 Å². The van der Waals surface area contributed by atoms with Gasteiger partial charge in [-0.1, -0.05) is 66.7 Å². The van der Waals surface area contributed by atoms with Crippen LogP contribution in [0.15, 0.2) is 77.7 Å². The summed E-state index contributed by atoms with van der Waals surface area (Å²) in [6.45, 7) is 0. The monoisotopic (exact) mass is 433 g/mol. The Morgan fingerprint density at radius 3 is 1.42 bits per heavy atom. The highest BCUT2D eigenvalue weighted by atomic mass is 32.2. The first-order valence-electron chi connectivity index (χ1n) is 11.4. The number of hydrogen-bond donors (Lipinski definition) is 0. The molecule has 0 unspecified atom stereocenters. The summed E-state index contributed by atoms with van der Waals surface area (Å²) in [7, 11) is -1.16. The lowest BCUT2D eigenvalue weighted by Gasteiger charge is -2.29. The average Bonchev–Trinajstić information content (AvgIpc) is 2.85. The van der Waals surface area contributed by atoms with Gasteiger partial charge in [-0.05, 0) is 97.8 Å². The van der Waals surface area contributed by atoms with E-state index in [4.69, 9.17) is 0 Å². The molecule has 9 aromatic rings. The third-order valence-corrected chi connectivity index (χ3v) is 9.50. The average molecular weight is 434 g/mol. The molecule has 1 nitrogen and oxygen atoms in total. The highest BCUT2D eigenvalue weighted by molar-refractivity contribution is 7.84. The maximum absolute atomic E-state index is 13.5. The first kappa shape index (κ1) is 15.8. The molecule has 0 amide bonds. The molecular formula is C31H13OS-. The van der Waals surface area contributed by atoms with Crippen LogP contribution in [0.2, 0.25) is 0 Å². The smallest absolute Gasteiger partial charge is 0.000173 e. The van der Waals surface area contributed by atoms with Crippen molar-refractivity contribution in [2.75, 3.05) is 0 Å². The summed E-state index contributed by atoms with van der Waals surface area (Å²) >= 11 is 0. The van der Waals surface area contributed by atoms with Gasteiger partial charge in [0.15, 0.2) is 0 Å². The molecule has 0 aliphatic carbocycles. The molecule has 9 aromatic carbocycles. The standard InChI is InChI=1S/C31H13OS/c32-33-13-20-10-6-16-4-8-18-11-17-7-3-14-1-2-15-5-9-19-12-21(33)29-28(20)24(16)26(18)30-25(17)22(14)23(15)27(19)31(29)30/h1-13H/q-1. The van der Waals surface area contributed by atoms with Gasteiger partial charge in [-0.15, -0.1) is 10.3 Å². The van der Waals surface area contributed by atoms with Crippen LogP contribution in [-0.2, 0) is 14.6 Å². The van der Waals surface area contributed by atoms with Crippen LogP contribution in [0.1, 0.15) is 5.56 Å². The van der Waals surface area contributed by atoms with E-state index >= 15 is 0 Å². The maximum Gasteiger partial charge on any atom is -0.000173 e. The van der Waals surface area contributed by atoms with E-state index in [1.165, 1.54) is 86.2 Å². The maximum atomic E-state index is 13.5. The second kappa shape index (κ2) is 4.73. The van der Waals surface area contributed by atoms with Crippen LogP contribution < -0.4 is 0 Å². The van der Waals surface area contributed by atoms with E-state index in [2.05, 4.69) is 72.8 Å². The van der Waals surface area contributed by atoms with Crippen molar-refractivity contribution < 1.29 is 4.21 Å². The fraction of sp³-hybridized carbons (Fsp3) is 0. The van der Waals surface area contributed by atoms with Gasteiger partial charge in [0.05, 0.1) is 0 Å². The second-order valence-electron chi connectivity index (χ2n) is 9.67. The molecule has 33 heavy (non-hydrogen) atoms. The van der Waals surface area contributed by atoms with Gasteiger partial charge in [-0.3, -0.25) is 0 Å². The number of hydrogen-bond acceptors (Lipinski definition) is 2. The Bertz CT molecular complexity index is 2400. The summed E-state index contributed by atoms with van der Waals surface area (Å²) < 4.78 is 13.5. The van der Waals surface area contributed by atoms with Crippen molar-refractivity contribution >= 4 is 102 Å². The Hall–Kier alpha value is -3.88. The normalized spacial score (nSPS) is 14.9. The zero-order valence-electron chi connectivity index (χ0n) is 17.3. The van der Waals surface area contributed by atoms with E-state index in [-0.39, 0.29) is 0 Å². The molecule has 0 spiro atoms. The summed E-state index contributed by atoms with van der Waals surface area (Å²) in [6.07, 6.45) is 0. The van der Waals surface area contributed by atoms with Crippen LogP contribution in [0.3, 0.4) is 0 Å². The minimum Gasteiger partial charge on any atom is -0.457 e. The van der Waals surface area contributed by atoms with Gasteiger partial charge in [0.2, 0.25) is 0 Å². The summed E-state index contributed by atoms with van der Waals surface area (Å²) in [4.78, 5) is 0.961. The fourth-order valence-corrected chi connectivity index (χ4v) is 8.29. The largest absolute Gasteiger partial charge is 0.457 e. The fourth-order valence-electron chi connectivity index (χ4n) is 7.09. The second-order valence-corrected chi connectivity index (χ2v) is 10.9. The molecule has 0 N–H and O–H groups in total. The highest BCUT2D eigenvalue weighted by Crippen LogP contribution is 2.54. The van der Waals surface area contributed by atoms with Crippen molar-refractivity contribution in [2.24, 2.45) is 0 Å². The summed E-state index contributed by atoms with van der Waals surface area (Å²) in [5, 5.41) is 22.8. The van der Waals surface area contributed by atoms with Crippen molar-refractivity contribution in [3.05, 3.63) is 78.4 Å². The topological polar surface area (TPSA) is 17.1 Å². The van der Waals surface area contributed by atoms with Gasteiger partial charge in [-0.2, -0.15) is 0 Å². The Balaban J connectivity index is 1.80. The van der Waals surface area contributed by atoms with Crippen LogP contribution in [0.5, 0.6) is 0 Å². The summed E-state index contributed by atoms with van der Waals surface area (Å²) in [6, 6.07) is 27.0. The Kier molecular flexibility index (Phi) is 2.27. The molecule has 0 radical (unpaired) electrons. The van der Waals surface area contributed by atoms with E-state index in [0.717, 1.165) is 10.5 Å². The van der Waals surface area contributed by atoms with Crippen LogP contribution in [0.4, 0.5) is 0 Å². The molecule has 1 heterocycles. The number of rotatable bonds is 0. The molecule has 1 aliphatic rings. The van der Waals surface area contributed by atoms with Crippen molar-refractivity contribution in [1.29, 1.82) is 0 Å². The van der Waals surface area contributed by atoms with Gasteiger partial charge in [0.25, 0.3) is 0 Å². The summed E-state index contributed by atoms with van der Waals surface area (Å²) in [5.74, 6) is 0.